The first kappa shape index (κ1) is 14.2. The van der Waals surface area contributed by atoms with E-state index in [1.807, 2.05) is 0 Å². The van der Waals surface area contributed by atoms with Gasteiger partial charge in [-0.1, -0.05) is 17.3 Å². The normalized spacial score (nSPS) is 12.7. The number of halogens is 6. The van der Waals surface area contributed by atoms with Crippen molar-refractivity contribution in [2.24, 2.45) is 0 Å². The summed E-state index contributed by atoms with van der Waals surface area (Å²) in [4.78, 5) is 0. The van der Waals surface area contributed by atoms with Crippen LogP contribution < -0.4 is 5.73 Å². The van der Waals surface area contributed by atoms with Gasteiger partial charge in [0.2, 0.25) is 5.76 Å². The molecule has 2 aromatic rings. The second-order valence-electron chi connectivity index (χ2n) is 3.85. The van der Waals surface area contributed by atoms with Gasteiger partial charge in [-0.05, 0) is 17.7 Å². The molecule has 0 atom stereocenters. The number of aromatic nitrogens is 1. The van der Waals surface area contributed by atoms with Crippen molar-refractivity contribution in [1.82, 2.24) is 5.16 Å². The first-order valence-corrected chi connectivity index (χ1v) is 5.10. The van der Waals surface area contributed by atoms with Crippen LogP contribution in [0, 0.1) is 0 Å². The van der Waals surface area contributed by atoms with E-state index in [2.05, 4.69) is 9.68 Å². The molecule has 1 aromatic carbocycles. The molecule has 0 bridgehead atoms. The van der Waals surface area contributed by atoms with E-state index < -0.39 is 35.1 Å². The highest BCUT2D eigenvalue weighted by Crippen LogP contribution is 2.41. The van der Waals surface area contributed by atoms with E-state index in [1.54, 1.807) is 0 Å². The summed E-state index contributed by atoms with van der Waals surface area (Å²) in [6.45, 7) is 0. The molecule has 0 unspecified atom stereocenters. The van der Waals surface area contributed by atoms with Crippen LogP contribution in [0.4, 0.5) is 32.2 Å². The van der Waals surface area contributed by atoms with Crippen molar-refractivity contribution in [2.45, 2.75) is 12.4 Å². The Morgan fingerprint density at radius 2 is 1.65 bits per heavy atom. The molecule has 20 heavy (non-hydrogen) atoms. The zero-order valence-corrected chi connectivity index (χ0v) is 9.51. The number of nitrogens with two attached hydrogens (primary N) is 1. The average Bonchev–Trinajstić information content (AvgIpc) is 2.70. The van der Waals surface area contributed by atoms with Gasteiger partial charge in [0.1, 0.15) is 0 Å². The Morgan fingerprint density at radius 3 is 2.20 bits per heavy atom. The van der Waals surface area contributed by atoms with Gasteiger partial charge in [0.25, 0.3) is 0 Å². The number of nitrogen functional groups attached to an aromatic ring is 1. The number of rotatable bonds is 1. The van der Waals surface area contributed by atoms with Crippen LogP contribution in [0.3, 0.4) is 0 Å². The van der Waals surface area contributed by atoms with Crippen molar-refractivity contribution < 1.29 is 30.9 Å². The third-order valence-corrected chi connectivity index (χ3v) is 2.45. The van der Waals surface area contributed by atoms with Gasteiger partial charge < -0.3 is 10.3 Å². The van der Waals surface area contributed by atoms with Gasteiger partial charge in [-0.25, -0.2) is 0 Å². The largest absolute Gasteiger partial charge is 0.453 e. The molecule has 2 N–H and O–H groups in total. The molecule has 1 aromatic heterocycles. The molecule has 0 fully saturated rings. The molecule has 108 valence electrons. The molecule has 0 amide bonds. The summed E-state index contributed by atoms with van der Waals surface area (Å²) in [6, 6.07) is 3.33. The number of anilines is 1. The molecule has 0 saturated carbocycles. The minimum atomic E-state index is -4.91. The highest BCUT2D eigenvalue weighted by Gasteiger charge is 2.41. The van der Waals surface area contributed by atoms with Gasteiger partial charge in [0.05, 0.1) is 11.1 Å². The monoisotopic (exact) mass is 296 g/mol. The van der Waals surface area contributed by atoms with Crippen molar-refractivity contribution >= 4 is 5.82 Å². The maximum absolute atomic E-state index is 12.7. The number of nitrogens with zero attached hydrogens (tertiary/aromatic N) is 1. The molecular weight excluding hydrogens is 290 g/mol. The smallest absolute Gasteiger partial charge is 0.380 e. The second kappa shape index (κ2) is 4.43. The highest BCUT2D eigenvalue weighted by atomic mass is 19.4. The fourth-order valence-electron chi connectivity index (χ4n) is 1.63. The van der Waals surface area contributed by atoms with Crippen molar-refractivity contribution in [1.29, 1.82) is 0 Å². The third kappa shape index (κ3) is 2.56. The highest BCUT2D eigenvalue weighted by molar-refractivity contribution is 5.76. The van der Waals surface area contributed by atoms with E-state index in [-0.39, 0.29) is 5.56 Å². The molecule has 0 spiro atoms. The van der Waals surface area contributed by atoms with E-state index >= 15 is 0 Å². The maximum Gasteiger partial charge on any atom is 0.453 e. The lowest BCUT2D eigenvalue weighted by atomic mass is 10.0. The lowest BCUT2D eigenvalue weighted by molar-refractivity contribution is -0.154. The zero-order chi connectivity index (χ0) is 15.1. The number of benzene rings is 1. The van der Waals surface area contributed by atoms with Crippen LogP contribution in [0.5, 0.6) is 0 Å². The van der Waals surface area contributed by atoms with Crippen LogP contribution in [0.2, 0.25) is 0 Å². The lowest BCUT2D eigenvalue weighted by Crippen LogP contribution is -2.07. The first-order valence-electron chi connectivity index (χ1n) is 5.10. The minimum absolute atomic E-state index is 0.370. The van der Waals surface area contributed by atoms with Crippen LogP contribution in [0.15, 0.2) is 28.8 Å². The summed E-state index contributed by atoms with van der Waals surface area (Å²) >= 11 is 0. The van der Waals surface area contributed by atoms with Crippen LogP contribution >= 0.6 is 0 Å². The van der Waals surface area contributed by atoms with Gasteiger partial charge in [-0.3, -0.25) is 0 Å². The quantitative estimate of drug-likeness (QED) is 0.810. The summed E-state index contributed by atoms with van der Waals surface area (Å²) < 4.78 is 79.7. The van der Waals surface area contributed by atoms with Crippen molar-refractivity contribution in [3.8, 4) is 11.1 Å². The SMILES string of the molecule is Nc1noc(C(F)(F)F)c1-c1cccc(C(F)(F)F)c1. The number of hydrogen-bond acceptors (Lipinski definition) is 3. The molecular formula is C11H6F6N2O. The fraction of sp³-hybridized carbons (Fsp3) is 0.182. The Hall–Kier alpha value is -2.19. The van der Waals surface area contributed by atoms with Crippen molar-refractivity contribution in [3.05, 3.63) is 35.6 Å². The van der Waals surface area contributed by atoms with Crippen LogP contribution in [-0.2, 0) is 12.4 Å². The summed E-state index contributed by atoms with van der Waals surface area (Å²) in [7, 11) is 0. The lowest BCUT2D eigenvalue weighted by Gasteiger charge is -2.09. The molecule has 1 heterocycles. The van der Waals surface area contributed by atoms with Crippen LogP contribution in [-0.4, -0.2) is 5.16 Å². The Labute approximate surface area is 108 Å². The average molecular weight is 296 g/mol. The standard InChI is InChI=1S/C11H6F6N2O/c12-10(13,14)6-3-1-2-5(4-6)7-8(11(15,16)17)20-19-9(7)18/h1-4H,(H2,18,19). The predicted octanol–water partition coefficient (Wildman–Crippen LogP) is 3.96. The number of alkyl halides is 6. The molecule has 0 aliphatic rings. The minimum Gasteiger partial charge on any atom is -0.380 e. The Balaban J connectivity index is 2.61. The van der Waals surface area contributed by atoms with Gasteiger partial charge >= 0.3 is 12.4 Å². The van der Waals surface area contributed by atoms with Gasteiger partial charge in [0, 0.05) is 0 Å². The van der Waals surface area contributed by atoms with Crippen LogP contribution in [0.1, 0.15) is 11.3 Å². The summed E-state index contributed by atoms with van der Waals surface area (Å²) in [5.41, 5.74) is 3.07. The van der Waals surface area contributed by atoms with E-state index in [9.17, 15) is 26.3 Å². The Bertz CT molecular complexity index is 629. The van der Waals surface area contributed by atoms with E-state index in [4.69, 9.17) is 5.73 Å². The van der Waals surface area contributed by atoms with E-state index in [0.29, 0.717) is 6.07 Å². The van der Waals surface area contributed by atoms with Gasteiger partial charge in [-0.2, -0.15) is 26.3 Å². The topological polar surface area (TPSA) is 52.0 Å². The molecule has 3 nitrogen and oxygen atoms in total. The molecule has 0 radical (unpaired) electrons. The molecule has 0 aliphatic carbocycles. The second-order valence-corrected chi connectivity index (χ2v) is 3.85. The molecule has 0 aliphatic heterocycles. The van der Waals surface area contributed by atoms with Crippen molar-refractivity contribution in [2.75, 3.05) is 5.73 Å². The third-order valence-electron chi connectivity index (χ3n) is 2.45. The summed E-state index contributed by atoms with van der Waals surface area (Å²) in [5.74, 6) is -2.16. The van der Waals surface area contributed by atoms with E-state index in [1.165, 1.54) is 0 Å². The van der Waals surface area contributed by atoms with Gasteiger partial charge in [-0.15, -0.1) is 0 Å². The Morgan fingerprint density at radius 1 is 1.00 bits per heavy atom. The van der Waals surface area contributed by atoms with Gasteiger partial charge in [0.15, 0.2) is 5.82 Å². The maximum atomic E-state index is 12.7. The number of hydrogen-bond donors (Lipinski definition) is 1. The zero-order valence-electron chi connectivity index (χ0n) is 9.51. The molecule has 2 rings (SSSR count). The molecule has 9 heteroatoms. The fourth-order valence-corrected chi connectivity index (χ4v) is 1.63. The van der Waals surface area contributed by atoms with E-state index in [0.717, 1.165) is 18.2 Å². The summed E-state index contributed by atoms with van der Waals surface area (Å²) in [5, 5.41) is 2.95. The first-order chi connectivity index (χ1) is 9.10. The predicted molar refractivity (Wildman–Crippen MR) is 56.4 cm³/mol. The summed E-state index contributed by atoms with van der Waals surface area (Å²) in [6.07, 6.45) is -9.59. The van der Waals surface area contributed by atoms with Crippen molar-refractivity contribution in [3.63, 3.8) is 0 Å². The molecule has 0 saturated heterocycles. The Kier molecular flexibility index (Phi) is 3.15. The van der Waals surface area contributed by atoms with Crippen LogP contribution in [0.25, 0.3) is 11.1 Å².